The van der Waals surface area contributed by atoms with E-state index in [1.807, 2.05) is 0 Å². The summed E-state index contributed by atoms with van der Waals surface area (Å²) in [5.41, 5.74) is 1.93. The Morgan fingerprint density at radius 3 is 1.60 bits per heavy atom. The van der Waals surface area contributed by atoms with Gasteiger partial charge in [0.25, 0.3) is 0 Å². The van der Waals surface area contributed by atoms with Crippen LogP contribution in [0.1, 0.15) is 0 Å². The van der Waals surface area contributed by atoms with Crippen molar-refractivity contribution in [3.05, 3.63) is 36.7 Å². The number of nitrogens with zero attached hydrogens (tertiary/aromatic N) is 8. The predicted molar refractivity (Wildman–Crippen MR) is 65.0 cm³/mol. The SMILES string of the molecule is On1nnc2cccnc21.On1nnc2cccnc21. The Hall–Kier alpha value is -3.30. The molecule has 100 valence electrons. The average Bonchev–Trinajstić information content (AvgIpc) is 3.05. The number of aromatic nitrogens is 8. The van der Waals surface area contributed by atoms with Crippen LogP contribution in [0.3, 0.4) is 0 Å². The summed E-state index contributed by atoms with van der Waals surface area (Å²) in [5, 5.41) is 31.7. The molecule has 0 aliphatic carbocycles. The lowest BCUT2D eigenvalue weighted by Crippen LogP contribution is -1.92. The summed E-state index contributed by atoms with van der Waals surface area (Å²) in [5.74, 6) is 0. The average molecular weight is 272 g/mol. The van der Waals surface area contributed by atoms with E-state index in [0.29, 0.717) is 32.0 Å². The number of pyridine rings is 2. The first-order valence-electron chi connectivity index (χ1n) is 5.47. The first kappa shape index (κ1) is 11.8. The van der Waals surface area contributed by atoms with Gasteiger partial charge in [-0.3, -0.25) is 0 Å². The normalized spacial score (nSPS) is 10.4. The molecule has 0 amide bonds. The minimum atomic E-state index is 0.377. The zero-order valence-electron chi connectivity index (χ0n) is 9.94. The molecule has 0 saturated carbocycles. The van der Waals surface area contributed by atoms with Crippen molar-refractivity contribution >= 4 is 22.3 Å². The molecule has 0 saturated heterocycles. The molecule has 0 bridgehead atoms. The standard InChI is InChI=1S/2C5H4N4O/c2*10-9-5-4(7-8-9)2-1-3-6-5/h2*1-3,10H. The fourth-order valence-corrected chi connectivity index (χ4v) is 1.51. The molecule has 4 rings (SSSR count). The van der Waals surface area contributed by atoms with E-state index in [9.17, 15) is 0 Å². The molecule has 2 N–H and O–H groups in total. The van der Waals surface area contributed by atoms with Crippen molar-refractivity contribution in [3.63, 3.8) is 0 Å². The van der Waals surface area contributed by atoms with Gasteiger partial charge in [0.1, 0.15) is 11.0 Å². The maximum atomic E-state index is 8.89. The monoisotopic (exact) mass is 272 g/mol. The molecule has 0 fully saturated rings. The van der Waals surface area contributed by atoms with E-state index in [-0.39, 0.29) is 0 Å². The molecule has 4 aromatic heterocycles. The lowest BCUT2D eigenvalue weighted by atomic mass is 10.4. The minimum Gasteiger partial charge on any atom is -0.409 e. The van der Waals surface area contributed by atoms with E-state index in [0.717, 1.165) is 0 Å². The first-order chi connectivity index (χ1) is 9.75. The van der Waals surface area contributed by atoms with Crippen molar-refractivity contribution in [2.75, 3.05) is 0 Å². The first-order valence-corrected chi connectivity index (χ1v) is 5.47. The van der Waals surface area contributed by atoms with E-state index < -0.39 is 0 Å². The summed E-state index contributed by atoms with van der Waals surface area (Å²) < 4.78 is 0. The van der Waals surface area contributed by atoms with Crippen LogP contribution in [-0.2, 0) is 0 Å². The van der Waals surface area contributed by atoms with Gasteiger partial charge in [0, 0.05) is 12.4 Å². The van der Waals surface area contributed by atoms with Crippen molar-refractivity contribution in [3.8, 4) is 0 Å². The van der Waals surface area contributed by atoms with Gasteiger partial charge < -0.3 is 10.4 Å². The summed E-state index contributed by atoms with van der Waals surface area (Å²) in [6.07, 6.45) is 3.14. The maximum absolute atomic E-state index is 8.89. The van der Waals surface area contributed by atoms with Crippen LogP contribution in [0.25, 0.3) is 22.3 Å². The highest BCUT2D eigenvalue weighted by atomic mass is 16.5. The van der Waals surface area contributed by atoms with E-state index in [1.54, 1.807) is 36.7 Å². The number of hydrogen-bond acceptors (Lipinski definition) is 8. The van der Waals surface area contributed by atoms with Gasteiger partial charge in [-0.1, -0.05) is 9.69 Å². The third kappa shape index (κ3) is 2.05. The second kappa shape index (κ2) is 4.76. The van der Waals surface area contributed by atoms with E-state index >= 15 is 0 Å². The van der Waals surface area contributed by atoms with Crippen LogP contribution in [0, 0.1) is 0 Å². The molecule has 0 spiro atoms. The highest BCUT2D eigenvalue weighted by molar-refractivity contribution is 5.68. The van der Waals surface area contributed by atoms with E-state index in [2.05, 4.69) is 30.6 Å². The topological polar surface area (TPSA) is 128 Å². The second-order valence-electron chi connectivity index (χ2n) is 3.65. The highest BCUT2D eigenvalue weighted by Gasteiger charge is 2.00. The van der Waals surface area contributed by atoms with Crippen LogP contribution >= 0.6 is 0 Å². The molecule has 20 heavy (non-hydrogen) atoms. The Morgan fingerprint density at radius 2 is 1.20 bits per heavy atom. The van der Waals surface area contributed by atoms with Crippen molar-refractivity contribution in [2.45, 2.75) is 0 Å². The van der Waals surface area contributed by atoms with Crippen LogP contribution in [-0.4, -0.2) is 50.7 Å². The second-order valence-corrected chi connectivity index (χ2v) is 3.65. The minimum absolute atomic E-state index is 0.377. The fourth-order valence-electron chi connectivity index (χ4n) is 1.51. The highest BCUT2D eigenvalue weighted by Crippen LogP contribution is 2.03. The summed E-state index contributed by atoms with van der Waals surface area (Å²) in [4.78, 5) is 8.95. The van der Waals surface area contributed by atoms with Crippen LogP contribution in [0.15, 0.2) is 36.7 Å². The number of hydrogen-bond donors (Lipinski definition) is 2. The molecule has 10 nitrogen and oxygen atoms in total. The molecule has 4 aromatic rings. The molecular formula is C10H8N8O2. The largest absolute Gasteiger partial charge is 0.409 e. The Kier molecular flexibility index (Phi) is 2.80. The fraction of sp³-hybridized carbons (Fsp3) is 0. The van der Waals surface area contributed by atoms with Gasteiger partial charge in [0.15, 0.2) is 0 Å². The molecule has 0 atom stereocenters. The van der Waals surface area contributed by atoms with Gasteiger partial charge >= 0.3 is 0 Å². The summed E-state index contributed by atoms with van der Waals surface area (Å²) >= 11 is 0. The van der Waals surface area contributed by atoms with Crippen molar-refractivity contribution in [1.29, 1.82) is 0 Å². The van der Waals surface area contributed by atoms with E-state index in [1.165, 1.54) is 0 Å². The lowest BCUT2D eigenvalue weighted by Gasteiger charge is -1.85. The molecule has 4 heterocycles. The van der Waals surface area contributed by atoms with Crippen molar-refractivity contribution in [1.82, 2.24) is 40.3 Å². The quantitative estimate of drug-likeness (QED) is 0.432. The van der Waals surface area contributed by atoms with Crippen LogP contribution < -0.4 is 0 Å². The molecule has 0 unspecified atom stereocenters. The molecule has 0 radical (unpaired) electrons. The summed E-state index contributed by atoms with van der Waals surface area (Å²) in [6.45, 7) is 0. The van der Waals surface area contributed by atoms with Gasteiger partial charge in [0.05, 0.1) is 0 Å². The third-order valence-electron chi connectivity index (χ3n) is 2.39. The van der Waals surface area contributed by atoms with Crippen LogP contribution in [0.5, 0.6) is 0 Å². The third-order valence-corrected chi connectivity index (χ3v) is 2.39. The van der Waals surface area contributed by atoms with Gasteiger partial charge in [-0.2, -0.15) is 0 Å². The van der Waals surface area contributed by atoms with Crippen LogP contribution in [0.2, 0.25) is 0 Å². The zero-order valence-corrected chi connectivity index (χ0v) is 9.94. The van der Waals surface area contributed by atoms with Crippen molar-refractivity contribution in [2.24, 2.45) is 0 Å². The predicted octanol–water partition coefficient (Wildman–Crippen LogP) is 0.127. The van der Waals surface area contributed by atoms with Gasteiger partial charge in [-0.15, -0.1) is 10.2 Å². The summed E-state index contributed by atoms with van der Waals surface area (Å²) in [7, 11) is 0. The Bertz CT molecular complexity index is 782. The van der Waals surface area contributed by atoms with E-state index in [4.69, 9.17) is 10.4 Å². The molecule has 10 heteroatoms. The number of rotatable bonds is 0. The lowest BCUT2D eigenvalue weighted by molar-refractivity contribution is 0.152. The van der Waals surface area contributed by atoms with Gasteiger partial charge in [-0.05, 0) is 34.7 Å². The Balaban J connectivity index is 0.000000121. The molecular weight excluding hydrogens is 264 g/mol. The van der Waals surface area contributed by atoms with Gasteiger partial charge in [-0.25, -0.2) is 9.97 Å². The smallest absolute Gasteiger partial charge is 0.219 e. The van der Waals surface area contributed by atoms with Crippen molar-refractivity contribution < 1.29 is 10.4 Å². The Labute approximate surface area is 110 Å². The number of fused-ring (bicyclic) bond motifs is 2. The molecule has 0 aliphatic rings. The summed E-state index contributed by atoms with van der Waals surface area (Å²) in [6, 6.07) is 6.91. The van der Waals surface area contributed by atoms with Gasteiger partial charge in [0.2, 0.25) is 11.3 Å². The Morgan fingerprint density at radius 1 is 0.750 bits per heavy atom. The molecule has 0 aromatic carbocycles. The zero-order chi connectivity index (χ0) is 13.9. The van der Waals surface area contributed by atoms with Crippen LogP contribution in [0.4, 0.5) is 0 Å². The molecule has 0 aliphatic heterocycles. The maximum Gasteiger partial charge on any atom is 0.219 e.